The van der Waals surface area contributed by atoms with Gasteiger partial charge < -0.3 is 15.4 Å². The van der Waals surface area contributed by atoms with Crippen LogP contribution in [0.3, 0.4) is 0 Å². The molecule has 0 saturated carbocycles. The summed E-state index contributed by atoms with van der Waals surface area (Å²) in [6.45, 7) is 1.19. The zero-order valence-corrected chi connectivity index (χ0v) is 15.2. The van der Waals surface area contributed by atoms with Crippen LogP contribution in [0, 0.1) is 5.82 Å². The third-order valence-electron chi connectivity index (χ3n) is 3.88. The van der Waals surface area contributed by atoms with E-state index in [1.165, 1.54) is 12.1 Å². The highest BCUT2D eigenvalue weighted by atomic mass is 19.1. The quantitative estimate of drug-likeness (QED) is 0.517. The summed E-state index contributed by atoms with van der Waals surface area (Å²) in [5, 5.41) is 10.6. The second-order valence-corrected chi connectivity index (χ2v) is 5.79. The molecule has 0 aliphatic heterocycles. The maximum absolute atomic E-state index is 12.9. The molecule has 2 N–H and O–H groups in total. The number of nitrogens with one attached hydrogen (secondary N) is 2. The van der Waals surface area contributed by atoms with E-state index in [-0.39, 0.29) is 5.82 Å². The fraction of sp³-hybridized carbons (Fsp3) is 0.211. The Morgan fingerprint density at radius 2 is 1.89 bits per heavy atom. The third-order valence-corrected chi connectivity index (χ3v) is 3.88. The summed E-state index contributed by atoms with van der Waals surface area (Å²) in [5.41, 5.74) is 2.03. The topological polar surface area (TPSA) is 76.4 Å². The van der Waals surface area contributed by atoms with Crippen LogP contribution in [0.15, 0.2) is 59.9 Å². The Morgan fingerprint density at radius 1 is 1.11 bits per heavy atom. The molecule has 0 radical (unpaired) electrons. The van der Waals surface area contributed by atoms with Gasteiger partial charge in [0, 0.05) is 39.1 Å². The number of aryl methyl sites for hydroxylation is 1. The standard InChI is InChI=1S/C19H21FN6O/c1-21-19(24-13-16-9-10-25-26(16)2)23-12-14-3-8-18(22-11-14)27-17-6-4-15(20)5-7-17/h3-11H,12-13H2,1-2H3,(H2,21,23,24). The van der Waals surface area contributed by atoms with Crippen LogP contribution in [0.1, 0.15) is 11.3 Å². The van der Waals surface area contributed by atoms with E-state index in [0.29, 0.717) is 30.7 Å². The molecule has 0 bridgehead atoms. The fourth-order valence-electron chi connectivity index (χ4n) is 2.35. The van der Waals surface area contributed by atoms with Crippen molar-refractivity contribution in [3.05, 3.63) is 71.9 Å². The van der Waals surface area contributed by atoms with Crippen molar-refractivity contribution in [2.24, 2.45) is 12.0 Å². The van der Waals surface area contributed by atoms with E-state index >= 15 is 0 Å². The number of hydrogen-bond acceptors (Lipinski definition) is 4. The number of pyridine rings is 1. The lowest BCUT2D eigenvalue weighted by atomic mass is 10.3. The van der Waals surface area contributed by atoms with E-state index in [1.807, 2.05) is 23.9 Å². The maximum atomic E-state index is 12.9. The molecule has 0 aliphatic rings. The summed E-state index contributed by atoms with van der Waals surface area (Å²) < 4.78 is 20.3. The molecule has 0 amide bonds. The molecule has 0 spiro atoms. The molecule has 27 heavy (non-hydrogen) atoms. The molecule has 2 aromatic heterocycles. The Kier molecular flexibility index (Phi) is 5.98. The lowest BCUT2D eigenvalue weighted by molar-refractivity contribution is 0.461. The van der Waals surface area contributed by atoms with E-state index in [4.69, 9.17) is 4.74 Å². The van der Waals surface area contributed by atoms with Crippen LogP contribution in [-0.4, -0.2) is 27.8 Å². The summed E-state index contributed by atoms with van der Waals surface area (Å²) >= 11 is 0. The summed E-state index contributed by atoms with van der Waals surface area (Å²) in [6.07, 6.45) is 3.48. The van der Waals surface area contributed by atoms with Crippen LogP contribution in [-0.2, 0) is 20.1 Å². The Balaban J connectivity index is 1.50. The number of guanidine groups is 1. The van der Waals surface area contributed by atoms with E-state index in [9.17, 15) is 4.39 Å². The van der Waals surface area contributed by atoms with Crippen molar-refractivity contribution in [2.75, 3.05) is 7.05 Å². The first-order valence-corrected chi connectivity index (χ1v) is 8.44. The van der Waals surface area contributed by atoms with Gasteiger partial charge in [-0.2, -0.15) is 5.10 Å². The van der Waals surface area contributed by atoms with Gasteiger partial charge in [-0.3, -0.25) is 9.67 Å². The largest absolute Gasteiger partial charge is 0.439 e. The highest BCUT2D eigenvalue weighted by Crippen LogP contribution is 2.19. The first kappa shape index (κ1) is 18.4. The van der Waals surface area contributed by atoms with Gasteiger partial charge in [0.2, 0.25) is 5.88 Å². The normalized spacial score (nSPS) is 11.3. The van der Waals surface area contributed by atoms with Crippen molar-refractivity contribution in [3.63, 3.8) is 0 Å². The zero-order valence-electron chi connectivity index (χ0n) is 15.2. The van der Waals surface area contributed by atoms with Crippen LogP contribution in [0.5, 0.6) is 11.6 Å². The van der Waals surface area contributed by atoms with E-state index in [1.54, 1.807) is 37.6 Å². The number of benzene rings is 1. The lowest BCUT2D eigenvalue weighted by Crippen LogP contribution is -2.36. The highest BCUT2D eigenvalue weighted by molar-refractivity contribution is 5.79. The minimum atomic E-state index is -0.304. The number of ether oxygens (including phenoxy) is 1. The van der Waals surface area contributed by atoms with Crippen molar-refractivity contribution in [1.29, 1.82) is 0 Å². The Bertz CT molecular complexity index is 889. The average molecular weight is 368 g/mol. The van der Waals surface area contributed by atoms with Crippen LogP contribution in [0.2, 0.25) is 0 Å². The molecule has 2 heterocycles. The predicted molar refractivity (Wildman–Crippen MR) is 101 cm³/mol. The minimum Gasteiger partial charge on any atom is -0.439 e. The van der Waals surface area contributed by atoms with Crippen LogP contribution >= 0.6 is 0 Å². The molecular formula is C19H21FN6O. The van der Waals surface area contributed by atoms with Crippen LogP contribution < -0.4 is 15.4 Å². The average Bonchev–Trinajstić information content (AvgIpc) is 3.10. The van der Waals surface area contributed by atoms with Gasteiger partial charge in [0.05, 0.1) is 12.2 Å². The number of nitrogens with zero attached hydrogens (tertiary/aromatic N) is 4. The summed E-state index contributed by atoms with van der Waals surface area (Å²) in [6, 6.07) is 11.4. The highest BCUT2D eigenvalue weighted by Gasteiger charge is 2.03. The Labute approximate surface area is 156 Å². The molecule has 8 heteroatoms. The van der Waals surface area contributed by atoms with Crippen LogP contribution in [0.25, 0.3) is 0 Å². The minimum absolute atomic E-state index is 0.304. The number of rotatable bonds is 6. The van der Waals surface area contributed by atoms with E-state index in [0.717, 1.165) is 11.3 Å². The Hall–Kier alpha value is -3.42. The molecule has 0 fully saturated rings. The van der Waals surface area contributed by atoms with Gasteiger partial charge in [-0.15, -0.1) is 0 Å². The second kappa shape index (κ2) is 8.79. The van der Waals surface area contributed by atoms with Crippen molar-refractivity contribution in [1.82, 2.24) is 25.4 Å². The van der Waals surface area contributed by atoms with E-state index < -0.39 is 0 Å². The molecule has 3 rings (SSSR count). The molecule has 0 saturated heterocycles. The summed E-state index contributed by atoms with van der Waals surface area (Å²) in [5.74, 6) is 1.36. The van der Waals surface area contributed by atoms with Crippen LogP contribution in [0.4, 0.5) is 4.39 Å². The van der Waals surface area contributed by atoms with Crippen molar-refractivity contribution in [2.45, 2.75) is 13.1 Å². The van der Waals surface area contributed by atoms with Gasteiger partial charge in [0.25, 0.3) is 0 Å². The SMILES string of the molecule is CN=C(NCc1ccc(Oc2ccc(F)cc2)nc1)NCc1ccnn1C. The zero-order chi connectivity index (χ0) is 19.1. The fourth-order valence-corrected chi connectivity index (χ4v) is 2.35. The second-order valence-electron chi connectivity index (χ2n) is 5.79. The van der Waals surface area contributed by atoms with Gasteiger partial charge in [-0.05, 0) is 35.9 Å². The first-order valence-electron chi connectivity index (χ1n) is 8.44. The molecular weight excluding hydrogens is 347 g/mol. The van der Waals surface area contributed by atoms with Crippen molar-refractivity contribution < 1.29 is 9.13 Å². The van der Waals surface area contributed by atoms with Gasteiger partial charge >= 0.3 is 0 Å². The van der Waals surface area contributed by atoms with Gasteiger partial charge in [0.1, 0.15) is 11.6 Å². The summed E-state index contributed by atoms with van der Waals surface area (Å²) in [4.78, 5) is 8.47. The van der Waals surface area contributed by atoms with Gasteiger partial charge in [-0.25, -0.2) is 9.37 Å². The molecule has 0 atom stereocenters. The monoisotopic (exact) mass is 368 g/mol. The number of aliphatic imine (C=N–C) groups is 1. The number of hydrogen-bond donors (Lipinski definition) is 2. The number of aromatic nitrogens is 3. The van der Waals surface area contributed by atoms with E-state index in [2.05, 4.69) is 25.7 Å². The molecule has 140 valence electrons. The van der Waals surface area contributed by atoms with Crippen molar-refractivity contribution >= 4 is 5.96 Å². The Morgan fingerprint density at radius 3 is 2.52 bits per heavy atom. The molecule has 7 nitrogen and oxygen atoms in total. The molecule has 3 aromatic rings. The summed E-state index contributed by atoms with van der Waals surface area (Å²) in [7, 11) is 3.62. The maximum Gasteiger partial charge on any atom is 0.219 e. The molecule has 0 unspecified atom stereocenters. The van der Waals surface area contributed by atoms with Gasteiger partial charge in [-0.1, -0.05) is 6.07 Å². The third kappa shape index (κ3) is 5.27. The van der Waals surface area contributed by atoms with Gasteiger partial charge in [0.15, 0.2) is 5.96 Å². The lowest BCUT2D eigenvalue weighted by Gasteiger charge is -2.12. The molecule has 0 aliphatic carbocycles. The molecule has 1 aromatic carbocycles. The smallest absolute Gasteiger partial charge is 0.219 e. The van der Waals surface area contributed by atoms with Crippen molar-refractivity contribution in [3.8, 4) is 11.6 Å². The predicted octanol–water partition coefficient (Wildman–Crippen LogP) is 2.61. The number of halogens is 1. The first-order chi connectivity index (χ1) is 13.1.